The smallest absolute Gasteiger partial charge is 0.284 e. The standard InChI is InChI=1S/C12H19F2NO2S/c1-12(2,16-3)8-15-6-9-4-5-10(17-9)7-18-11(13)14/h4-5,11,15H,6-8H2,1-3H3. The van der Waals surface area contributed by atoms with Crippen molar-refractivity contribution in [2.24, 2.45) is 0 Å². The highest BCUT2D eigenvalue weighted by molar-refractivity contribution is 7.98. The first-order valence-corrected chi connectivity index (χ1v) is 6.71. The van der Waals surface area contributed by atoms with Crippen molar-refractivity contribution >= 4 is 11.8 Å². The van der Waals surface area contributed by atoms with Gasteiger partial charge in [-0.25, -0.2) is 0 Å². The molecule has 0 amide bonds. The highest BCUT2D eigenvalue weighted by atomic mass is 32.2. The molecule has 1 rings (SSSR count). The molecule has 0 saturated heterocycles. The maximum atomic E-state index is 12.0. The number of furan rings is 1. The van der Waals surface area contributed by atoms with Crippen LogP contribution in [0.3, 0.4) is 0 Å². The molecule has 0 aliphatic heterocycles. The van der Waals surface area contributed by atoms with Gasteiger partial charge in [-0.1, -0.05) is 11.8 Å². The van der Waals surface area contributed by atoms with Gasteiger partial charge >= 0.3 is 0 Å². The Morgan fingerprint density at radius 2 is 2.06 bits per heavy atom. The van der Waals surface area contributed by atoms with Crippen LogP contribution >= 0.6 is 11.8 Å². The van der Waals surface area contributed by atoms with Crippen LogP contribution in [-0.2, 0) is 17.0 Å². The van der Waals surface area contributed by atoms with Gasteiger partial charge < -0.3 is 14.5 Å². The first-order chi connectivity index (χ1) is 8.43. The third-order valence-electron chi connectivity index (χ3n) is 2.47. The Morgan fingerprint density at radius 1 is 1.39 bits per heavy atom. The van der Waals surface area contributed by atoms with Gasteiger partial charge in [0.15, 0.2) is 0 Å². The van der Waals surface area contributed by atoms with Crippen molar-refractivity contribution in [2.75, 3.05) is 13.7 Å². The van der Waals surface area contributed by atoms with E-state index in [1.807, 2.05) is 13.8 Å². The van der Waals surface area contributed by atoms with Gasteiger partial charge in [0.1, 0.15) is 11.5 Å². The summed E-state index contributed by atoms with van der Waals surface area (Å²) in [5.41, 5.74) is -0.235. The van der Waals surface area contributed by atoms with E-state index in [1.165, 1.54) is 0 Å². The summed E-state index contributed by atoms with van der Waals surface area (Å²) in [5.74, 6) is -0.852. The monoisotopic (exact) mass is 279 g/mol. The van der Waals surface area contributed by atoms with Crippen molar-refractivity contribution in [1.29, 1.82) is 0 Å². The van der Waals surface area contributed by atoms with Crippen molar-refractivity contribution in [3.8, 4) is 0 Å². The van der Waals surface area contributed by atoms with E-state index >= 15 is 0 Å². The lowest BCUT2D eigenvalue weighted by Crippen LogP contribution is -2.36. The fraction of sp³-hybridized carbons (Fsp3) is 0.667. The zero-order valence-electron chi connectivity index (χ0n) is 10.8. The summed E-state index contributed by atoms with van der Waals surface area (Å²) in [5, 5.41) is 3.20. The summed E-state index contributed by atoms with van der Waals surface area (Å²) in [6.07, 6.45) is 0. The number of thioether (sulfide) groups is 1. The average Bonchev–Trinajstić information content (AvgIpc) is 2.74. The molecule has 1 heterocycles. The Hall–Kier alpha value is -0.590. The first kappa shape index (κ1) is 15.5. The fourth-order valence-electron chi connectivity index (χ4n) is 1.30. The Balaban J connectivity index is 2.31. The number of ether oxygens (including phenoxy) is 1. The van der Waals surface area contributed by atoms with Gasteiger partial charge in [0.05, 0.1) is 17.9 Å². The number of methoxy groups -OCH3 is 1. The minimum atomic E-state index is -2.36. The lowest BCUT2D eigenvalue weighted by atomic mass is 10.1. The zero-order chi connectivity index (χ0) is 13.6. The molecule has 1 aromatic heterocycles. The molecular formula is C12H19F2NO2S. The largest absolute Gasteiger partial charge is 0.464 e. The summed E-state index contributed by atoms with van der Waals surface area (Å²) in [6.45, 7) is 5.21. The second-order valence-corrected chi connectivity index (χ2v) is 5.49. The number of halogens is 2. The quantitative estimate of drug-likeness (QED) is 0.792. The van der Waals surface area contributed by atoms with Gasteiger partial charge in [-0.05, 0) is 26.0 Å². The predicted octanol–water partition coefficient (Wildman–Crippen LogP) is 3.25. The Kier molecular flexibility index (Phi) is 6.11. The molecule has 0 unspecified atom stereocenters. The molecule has 0 fully saturated rings. The number of hydrogen-bond acceptors (Lipinski definition) is 4. The van der Waals surface area contributed by atoms with Crippen molar-refractivity contribution in [1.82, 2.24) is 5.32 Å². The lowest BCUT2D eigenvalue weighted by Gasteiger charge is -2.22. The zero-order valence-corrected chi connectivity index (χ0v) is 11.7. The van der Waals surface area contributed by atoms with Crippen LogP contribution in [0.15, 0.2) is 16.5 Å². The van der Waals surface area contributed by atoms with E-state index in [1.54, 1.807) is 19.2 Å². The number of alkyl halides is 2. The van der Waals surface area contributed by atoms with E-state index in [0.29, 0.717) is 30.6 Å². The van der Waals surface area contributed by atoms with Crippen molar-refractivity contribution < 1.29 is 17.9 Å². The topological polar surface area (TPSA) is 34.4 Å². The number of hydrogen-bond donors (Lipinski definition) is 1. The van der Waals surface area contributed by atoms with Crippen LogP contribution in [0.5, 0.6) is 0 Å². The summed E-state index contributed by atoms with van der Waals surface area (Å²) in [6, 6.07) is 3.53. The molecule has 1 aromatic rings. The number of nitrogens with one attached hydrogen (secondary N) is 1. The fourth-order valence-corrected chi connectivity index (χ4v) is 1.74. The van der Waals surface area contributed by atoms with Crippen LogP contribution in [0, 0.1) is 0 Å². The van der Waals surface area contributed by atoms with E-state index in [4.69, 9.17) is 9.15 Å². The SMILES string of the molecule is COC(C)(C)CNCc1ccc(CSC(F)F)o1. The summed E-state index contributed by atoms with van der Waals surface area (Å²) < 4.78 is 34.7. The van der Waals surface area contributed by atoms with Crippen LogP contribution in [0.2, 0.25) is 0 Å². The average molecular weight is 279 g/mol. The minimum absolute atomic E-state index is 0.196. The maximum Gasteiger partial charge on any atom is 0.284 e. The van der Waals surface area contributed by atoms with Crippen LogP contribution in [0.1, 0.15) is 25.4 Å². The predicted molar refractivity (Wildman–Crippen MR) is 68.8 cm³/mol. The molecule has 0 aromatic carbocycles. The molecule has 0 bridgehead atoms. The van der Waals surface area contributed by atoms with Gasteiger partial charge in [0.2, 0.25) is 0 Å². The molecule has 6 heteroatoms. The second-order valence-electron chi connectivity index (χ2n) is 4.51. The molecule has 1 N–H and O–H groups in total. The third kappa shape index (κ3) is 5.84. The Bertz CT molecular complexity index is 356. The van der Waals surface area contributed by atoms with Gasteiger partial charge in [-0.15, -0.1) is 0 Å². The second kappa shape index (κ2) is 7.11. The van der Waals surface area contributed by atoms with Crippen LogP contribution in [0.4, 0.5) is 8.78 Å². The van der Waals surface area contributed by atoms with E-state index in [2.05, 4.69) is 5.32 Å². The Morgan fingerprint density at radius 3 is 2.67 bits per heavy atom. The first-order valence-electron chi connectivity index (χ1n) is 5.66. The van der Waals surface area contributed by atoms with E-state index < -0.39 is 5.76 Å². The molecule has 0 radical (unpaired) electrons. The van der Waals surface area contributed by atoms with Crippen molar-refractivity contribution in [3.63, 3.8) is 0 Å². The third-order valence-corrected chi connectivity index (χ3v) is 3.17. The lowest BCUT2D eigenvalue weighted by molar-refractivity contribution is 0.0227. The molecular weight excluding hydrogens is 260 g/mol. The molecule has 0 atom stereocenters. The maximum absolute atomic E-state index is 12.0. The van der Waals surface area contributed by atoms with Gasteiger partial charge in [-0.3, -0.25) is 0 Å². The molecule has 0 aliphatic carbocycles. The number of rotatable bonds is 8. The normalized spacial score (nSPS) is 12.3. The highest BCUT2D eigenvalue weighted by Gasteiger charge is 2.15. The minimum Gasteiger partial charge on any atom is -0.464 e. The van der Waals surface area contributed by atoms with Gasteiger partial charge in [-0.2, -0.15) is 8.78 Å². The van der Waals surface area contributed by atoms with Crippen LogP contribution < -0.4 is 5.32 Å². The van der Waals surface area contributed by atoms with E-state index in [0.717, 1.165) is 5.76 Å². The van der Waals surface area contributed by atoms with E-state index in [9.17, 15) is 8.78 Å². The molecule has 3 nitrogen and oxygen atoms in total. The van der Waals surface area contributed by atoms with Crippen LogP contribution in [-0.4, -0.2) is 25.0 Å². The van der Waals surface area contributed by atoms with Crippen molar-refractivity contribution in [2.45, 2.75) is 37.5 Å². The molecule has 0 spiro atoms. The highest BCUT2D eigenvalue weighted by Crippen LogP contribution is 2.21. The van der Waals surface area contributed by atoms with Crippen LogP contribution in [0.25, 0.3) is 0 Å². The summed E-state index contributed by atoms with van der Waals surface area (Å²) >= 11 is 0.562. The summed E-state index contributed by atoms with van der Waals surface area (Å²) in [4.78, 5) is 0. The molecule has 0 saturated carbocycles. The van der Waals surface area contributed by atoms with E-state index in [-0.39, 0.29) is 11.4 Å². The van der Waals surface area contributed by atoms with Gasteiger partial charge in [0, 0.05) is 13.7 Å². The van der Waals surface area contributed by atoms with Gasteiger partial charge in [0.25, 0.3) is 5.76 Å². The summed E-state index contributed by atoms with van der Waals surface area (Å²) in [7, 11) is 1.66. The molecule has 0 aliphatic rings. The van der Waals surface area contributed by atoms with Crippen molar-refractivity contribution in [3.05, 3.63) is 23.7 Å². The molecule has 18 heavy (non-hydrogen) atoms. The molecule has 104 valence electrons. The Labute approximate surface area is 110 Å².